The van der Waals surface area contributed by atoms with E-state index in [-0.39, 0.29) is 23.3 Å². The van der Waals surface area contributed by atoms with Crippen LogP contribution in [-0.2, 0) is 0 Å². The molecule has 0 bridgehead atoms. The number of likely N-dealkylation sites (tertiary alicyclic amines) is 1. The molecule has 0 spiro atoms. The summed E-state index contributed by atoms with van der Waals surface area (Å²) in [5.41, 5.74) is 0.424. The number of benzene rings is 1. The van der Waals surface area contributed by atoms with Crippen molar-refractivity contribution in [3.8, 4) is 11.3 Å². The summed E-state index contributed by atoms with van der Waals surface area (Å²) in [4.78, 5) is 18.2. The van der Waals surface area contributed by atoms with Crippen LogP contribution in [0.5, 0.6) is 0 Å². The van der Waals surface area contributed by atoms with E-state index >= 15 is 0 Å². The molecule has 2 aromatic heterocycles. The van der Waals surface area contributed by atoms with Crippen molar-refractivity contribution in [1.82, 2.24) is 25.2 Å². The van der Waals surface area contributed by atoms with Gasteiger partial charge in [0.15, 0.2) is 28.9 Å². The molecule has 1 aromatic carbocycles. The quantitative estimate of drug-likeness (QED) is 0.787. The Morgan fingerprint density at radius 1 is 1.28 bits per heavy atom. The van der Waals surface area contributed by atoms with Crippen molar-refractivity contribution in [2.24, 2.45) is 0 Å². The van der Waals surface area contributed by atoms with E-state index in [0.29, 0.717) is 24.5 Å². The average molecular weight is 345 g/mol. The summed E-state index contributed by atoms with van der Waals surface area (Å²) in [5, 5.41) is 10.6. The predicted octanol–water partition coefficient (Wildman–Crippen LogP) is 2.29. The Bertz CT molecular complexity index is 946. The van der Waals surface area contributed by atoms with Gasteiger partial charge in [0.1, 0.15) is 5.82 Å². The normalized spacial score (nSPS) is 14.6. The molecule has 1 fully saturated rings. The molecule has 3 aromatic rings. The molecule has 3 heterocycles. The summed E-state index contributed by atoms with van der Waals surface area (Å²) in [6.45, 7) is 2.79. The Hall–Kier alpha value is -3.10. The van der Waals surface area contributed by atoms with Gasteiger partial charge < -0.3 is 9.42 Å². The SMILES string of the molecule is Cc1nc(C2CN(C(=O)c3cc(-c4ccc(F)c(F)c4)on3)C2)n[nH]1. The molecule has 0 atom stereocenters. The number of H-pyrrole nitrogens is 1. The Morgan fingerprint density at radius 3 is 2.76 bits per heavy atom. The predicted molar refractivity (Wildman–Crippen MR) is 81.6 cm³/mol. The number of carbonyl (C=O) groups excluding carboxylic acids is 1. The highest BCUT2D eigenvalue weighted by Crippen LogP contribution is 2.27. The Labute approximate surface area is 140 Å². The molecule has 1 amide bonds. The van der Waals surface area contributed by atoms with Crippen molar-refractivity contribution in [2.75, 3.05) is 13.1 Å². The first-order chi connectivity index (χ1) is 12.0. The first-order valence-electron chi connectivity index (χ1n) is 7.61. The molecule has 128 valence electrons. The molecule has 1 saturated heterocycles. The number of hydrogen-bond donors (Lipinski definition) is 1. The first-order valence-corrected chi connectivity index (χ1v) is 7.61. The summed E-state index contributed by atoms with van der Waals surface area (Å²) < 4.78 is 31.4. The van der Waals surface area contributed by atoms with Gasteiger partial charge in [-0.2, -0.15) is 5.10 Å². The zero-order chi connectivity index (χ0) is 17.6. The lowest BCUT2D eigenvalue weighted by molar-refractivity contribution is 0.0584. The minimum atomic E-state index is -0.992. The van der Waals surface area contributed by atoms with Crippen molar-refractivity contribution in [3.63, 3.8) is 0 Å². The van der Waals surface area contributed by atoms with Crippen LogP contribution in [0.3, 0.4) is 0 Å². The van der Waals surface area contributed by atoms with Gasteiger partial charge in [0.2, 0.25) is 0 Å². The minimum absolute atomic E-state index is 0.0893. The molecule has 1 aliphatic heterocycles. The fraction of sp³-hybridized carbons (Fsp3) is 0.250. The van der Waals surface area contributed by atoms with E-state index < -0.39 is 11.6 Å². The highest BCUT2D eigenvalue weighted by Gasteiger charge is 2.35. The van der Waals surface area contributed by atoms with Crippen LogP contribution < -0.4 is 0 Å². The molecular weight excluding hydrogens is 332 g/mol. The number of rotatable bonds is 3. The van der Waals surface area contributed by atoms with Crippen molar-refractivity contribution < 1.29 is 18.1 Å². The Kier molecular flexibility index (Phi) is 3.56. The topological polar surface area (TPSA) is 87.9 Å². The zero-order valence-corrected chi connectivity index (χ0v) is 13.2. The lowest BCUT2D eigenvalue weighted by atomic mass is 9.99. The Balaban J connectivity index is 1.45. The second-order valence-electron chi connectivity index (χ2n) is 5.89. The van der Waals surface area contributed by atoms with Crippen LogP contribution in [0.1, 0.15) is 28.1 Å². The molecule has 0 saturated carbocycles. The van der Waals surface area contributed by atoms with E-state index in [9.17, 15) is 13.6 Å². The van der Waals surface area contributed by atoms with Gasteiger partial charge in [-0.3, -0.25) is 9.89 Å². The molecule has 7 nitrogen and oxygen atoms in total. The van der Waals surface area contributed by atoms with E-state index in [1.165, 1.54) is 12.1 Å². The maximum Gasteiger partial charge on any atom is 0.276 e. The third-order valence-corrected chi connectivity index (χ3v) is 4.08. The van der Waals surface area contributed by atoms with E-state index in [0.717, 1.165) is 18.0 Å². The van der Waals surface area contributed by atoms with E-state index in [1.807, 2.05) is 6.92 Å². The van der Waals surface area contributed by atoms with Crippen LogP contribution in [0.2, 0.25) is 0 Å². The number of halogens is 2. The molecule has 0 aliphatic carbocycles. The Morgan fingerprint density at radius 2 is 2.08 bits per heavy atom. The maximum atomic E-state index is 13.3. The zero-order valence-electron chi connectivity index (χ0n) is 13.2. The van der Waals surface area contributed by atoms with Gasteiger partial charge in [0, 0.05) is 24.7 Å². The van der Waals surface area contributed by atoms with Crippen molar-refractivity contribution in [2.45, 2.75) is 12.8 Å². The molecule has 25 heavy (non-hydrogen) atoms. The van der Waals surface area contributed by atoms with Gasteiger partial charge in [-0.05, 0) is 25.1 Å². The fourth-order valence-corrected chi connectivity index (χ4v) is 2.67. The molecule has 0 unspecified atom stereocenters. The number of nitrogens with zero attached hydrogens (tertiary/aromatic N) is 4. The van der Waals surface area contributed by atoms with Gasteiger partial charge in [0.25, 0.3) is 5.91 Å². The van der Waals surface area contributed by atoms with Crippen LogP contribution >= 0.6 is 0 Å². The van der Waals surface area contributed by atoms with Crippen LogP contribution in [0.25, 0.3) is 11.3 Å². The highest BCUT2D eigenvalue weighted by atomic mass is 19.2. The smallest absolute Gasteiger partial charge is 0.276 e. The number of carbonyl (C=O) groups is 1. The molecule has 1 aliphatic rings. The largest absolute Gasteiger partial charge is 0.355 e. The lowest BCUT2D eigenvalue weighted by Crippen LogP contribution is -2.48. The number of aryl methyl sites for hydroxylation is 1. The summed E-state index contributed by atoms with van der Waals surface area (Å²) in [6.07, 6.45) is 0. The number of aromatic amines is 1. The number of aromatic nitrogens is 4. The number of hydrogen-bond acceptors (Lipinski definition) is 5. The third kappa shape index (κ3) is 2.77. The second kappa shape index (κ2) is 5.76. The van der Waals surface area contributed by atoms with Gasteiger partial charge >= 0.3 is 0 Å². The average Bonchev–Trinajstić information content (AvgIpc) is 3.18. The van der Waals surface area contributed by atoms with E-state index in [4.69, 9.17) is 4.52 Å². The van der Waals surface area contributed by atoms with Crippen molar-refractivity contribution in [3.05, 3.63) is 53.2 Å². The molecule has 4 rings (SSSR count). The minimum Gasteiger partial charge on any atom is -0.355 e. The van der Waals surface area contributed by atoms with E-state index in [1.54, 1.807) is 4.90 Å². The number of amides is 1. The fourth-order valence-electron chi connectivity index (χ4n) is 2.67. The van der Waals surface area contributed by atoms with Crippen molar-refractivity contribution >= 4 is 5.91 Å². The van der Waals surface area contributed by atoms with Crippen LogP contribution in [0.15, 0.2) is 28.8 Å². The summed E-state index contributed by atoms with van der Waals surface area (Å²) in [5.74, 6) is -0.532. The maximum absolute atomic E-state index is 13.3. The first kappa shape index (κ1) is 15.4. The van der Waals surface area contributed by atoms with E-state index in [2.05, 4.69) is 20.3 Å². The third-order valence-electron chi connectivity index (χ3n) is 4.08. The monoisotopic (exact) mass is 345 g/mol. The van der Waals surface area contributed by atoms with Crippen molar-refractivity contribution in [1.29, 1.82) is 0 Å². The standard InChI is InChI=1S/C16H13F2N5O2/c1-8-19-15(21-20-8)10-6-23(7-10)16(24)13-5-14(25-22-13)9-2-3-11(17)12(18)4-9/h2-5,10H,6-7H2,1H3,(H,19,20,21). The van der Waals surface area contributed by atoms with Gasteiger partial charge in [-0.15, -0.1) is 0 Å². The summed E-state index contributed by atoms with van der Waals surface area (Å²) >= 11 is 0. The lowest BCUT2D eigenvalue weighted by Gasteiger charge is -2.37. The van der Waals surface area contributed by atoms with Gasteiger partial charge in [0.05, 0.1) is 5.92 Å². The second-order valence-corrected chi connectivity index (χ2v) is 5.89. The highest BCUT2D eigenvalue weighted by molar-refractivity contribution is 5.93. The van der Waals surface area contributed by atoms with Crippen LogP contribution in [0, 0.1) is 18.6 Å². The molecule has 1 N–H and O–H groups in total. The summed E-state index contributed by atoms with van der Waals surface area (Å²) in [6, 6.07) is 4.76. The van der Waals surface area contributed by atoms with Crippen LogP contribution in [-0.4, -0.2) is 44.2 Å². The number of nitrogens with one attached hydrogen (secondary N) is 1. The van der Waals surface area contributed by atoms with Gasteiger partial charge in [-0.1, -0.05) is 5.16 Å². The molecular formula is C16H13F2N5O2. The molecule has 9 heteroatoms. The summed E-state index contributed by atoms with van der Waals surface area (Å²) in [7, 11) is 0. The van der Waals surface area contributed by atoms with Crippen LogP contribution in [0.4, 0.5) is 8.78 Å². The van der Waals surface area contributed by atoms with Gasteiger partial charge in [-0.25, -0.2) is 13.8 Å². The molecule has 0 radical (unpaired) electrons.